The predicted molar refractivity (Wildman–Crippen MR) is 115 cm³/mol. The first-order chi connectivity index (χ1) is 15.4. The molecule has 8 heteroatoms. The maximum atomic E-state index is 13.1. The summed E-state index contributed by atoms with van der Waals surface area (Å²) in [5, 5.41) is 15.3. The van der Waals surface area contributed by atoms with Gasteiger partial charge < -0.3 is 10.8 Å². The Labute approximate surface area is 182 Å². The van der Waals surface area contributed by atoms with Crippen molar-refractivity contribution in [1.82, 2.24) is 19.7 Å². The largest absolute Gasteiger partial charge is 0.390 e. The Kier molecular flexibility index (Phi) is 4.18. The van der Waals surface area contributed by atoms with Gasteiger partial charge in [-0.15, -0.1) is 0 Å². The highest BCUT2D eigenvalue weighted by atomic mass is 19.3. The molecule has 162 valence electrons. The second kappa shape index (κ2) is 6.88. The number of nitrogens with two attached hydrogens (primary N) is 1. The summed E-state index contributed by atoms with van der Waals surface area (Å²) < 4.78 is 27.8. The zero-order valence-electron chi connectivity index (χ0n) is 17.1. The summed E-state index contributed by atoms with van der Waals surface area (Å²) >= 11 is 0. The third-order valence-corrected chi connectivity index (χ3v) is 6.85. The Morgan fingerprint density at radius 3 is 2.59 bits per heavy atom. The second-order valence-corrected chi connectivity index (χ2v) is 8.81. The van der Waals surface area contributed by atoms with Crippen molar-refractivity contribution in [3.8, 4) is 17.1 Å². The number of aromatic nitrogens is 4. The number of fused-ring (bicyclic) bond motifs is 2. The number of alkyl halides is 2. The van der Waals surface area contributed by atoms with Gasteiger partial charge in [-0.2, -0.15) is 5.10 Å². The highest BCUT2D eigenvalue weighted by molar-refractivity contribution is 5.84. The number of rotatable bonds is 5. The molecule has 2 unspecified atom stereocenters. The predicted octanol–water partition coefficient (Wildman–Crippen LogP) is 4.19. The summed E-state index contributed by atoms with van der Waals surface area (Å²) in [4.78, 5) is 8.86. The van der Waals surface area contributed by atoms with Crippen LogP contribution in [0.25, 0.3) is 28.0 Å². The molecule has 6 nitrogen and oxygen atoms in total. The minimum Gasteiger partial charge on any atom is -0.390 e. The first-order valence-electron chi connectivity index (χ1n) is 10.6. The molecule has 3 heterocycles. The first kappa shape index (κ1) is 19.5. The molecule has 0 radical (unpaired) electrons. The summed E-state index contributed by atoms with van der Waals surface area (Å²) in [7, 11) is 0. The van der Waals surface area contributed by atoms with Crippen molar-refractivity contribution in [2.45, 2.75) is 30.9 Å². The number of halogens is 2. The molecule has 0 amide bonds. The van der Waals surface area contributed by atoms with Crippen LogP contribution >= 0.6 is 0 Å². The van der Waals surface area contributed by atoms with Crippen LogP contribution in [0.15, 0.2) is 60.8 Å². The molecule has 4 aromatic rings. The van der Waals surface area contributed by atoms with E-state index >= 15 is 0 Å². The van der Waals surface area contributed by atoms with Crippen LogP contribution in [0.3, 0.4) is 0 Å². The van der Waals surface area contributed by atoms with Crippen LogP contribution in [-0.4, -0.2) is 30.5 Å². The molecule has 6 rings (SSSR count). The van der Waals surface area contributed by atoms with Crippen molar-refractivity contribution in [3.63, 3.8) is 0 Å². The van der Waals surface area contributed by atoms with E-state index in [1.165, 1.54) is 6.07 Å². The fourth-order valence-corrected chi connectivity index (χ4v) is 4.93. The normalized spacial score (nSPS) is 24.9. The first-order valence-corrected chi connectivity index (χ1v) is 10.6. The van der Waals surface area contributed by atoms with Crippen molar-refractivity contribution >= 4 is 10.9 Å². The van der Waals surface area contributed by atoms with E-state index in [1.807, 2.05) is 36.4 Å². The zero-order chi connectivity index (χ0) is 22.0. The Morgan fingerprint density at radius 2 is 1.84 bits per heavy atom. The minimum absolute atomic E-state index is 0.210. The lowest BCUT2D eigenvalue weighted by Gasteiger charge is -2.34. The molecular weight excluding hydrogens is 412 g/mol. The third kappa shape index (κ3) is 3.02. The molecule has 2 fully saturated rings. The van der Waals surface area contributed by atoms with E-state index < -0.39 is 12.0 Å². The summed E-state index contributed by atoms with van der Waals surface area (Å²) in [5.74, 6) is 0.894. The van der Waals surface area contributed by atoms with Gasteiger partial charge in [0.15, 0.2) is 5.82 Å². The Morgan fingerprint density at radius 1 is 1.03 bits per heavy atom. The van der Waals surface area contributed by atoms with Crippen LogP contribution in [0.1, 0.15) is 36.7 Å². The van der Waals surface area contributed by atoms with Gasteiger partial charge >= 0.3 is 0 Å². The maximum absolute atomic E-state index is 13.1. The lowest BCUT2D eigenvalue weighted by atomic mass is 9.76. The number of hydrogen-bond donors (Lipinski definition) is 2. The molecule has 0 spiro atoms. The molecule has 2 aliphatic carbocycles. The van der Waals surface area contributed by atoms with Gasteiger partial charge in [0.05, 0.1) is 34.7 Å². The maximum Gasteiger partial charge on any atom is 0.280 e. The molecular formula is C24H21F2N5O. The third-order valence-electron chi connectivity index (χ3n) is 6.85. The molecule has 32 heavy (non-hydrogen) atoms. The molecule has 2 aliphatic rings. The van der Waals surface area contributed by atoms with Crippen LogP contribution in [0, 0.1) is 11.8 Å². The zero-order valence-corrected chi connectivity index (χ0v) is 17.1. The number of hydrogen-bond acceptors (Lipinski definition) is 5. The van der Waals surface area contributed by atoms with E-state index in [2.05, 4.69) is 10.1 Å². The standard InChI is InChI=1S/C24H21F2N5O/c25-23(26)19-5-2-6-21(30-19)31-20-9-13(7-8-14(20)12-28-31)17-3-1-4-18(29-17)22(27)15-10-24(32)11-16(15)24/h1-9,12,15-16,22-23,32H,10-11,27H2/t15?,16?,22-,24-/m0/s1. The van der Waals surface area contributed by atoms with Gasteiger partial charge in [-0.25, -0.2) is 18.4 Å². The van der Waals surface area contributed by atoms with E-state index in [-0.39, 0.29) is 17.7 Å². The summed E-state index contributed by atoms with van der Waals surface area (Å²) in [6, 6.07) is 15.9. The van der Waals surface area contributed by atoms with Crippen molar-refractivity contribution in [2.24, 2.45) is 17.6 Å². The smallest absolute Gasteiger partial charge is 0.280 e. The van der Waals surface area contributed by atoms with Crippen molar-refractivity contribution in [2.75, 3.05) is 0 Å². The molecule has 3 N–H and O–H groups in total. The lowest BCUT2D eigenvalue weighted by molar-refractivity contribution is 0.0137. The number of pyridine rings is 2. The van der Waals surface area contributed by atoms with Gasteiger partial charge in [-0.3, -0.25) is 4.98 Å². The van der Waals surface area contributed by atoms with Crippen LogP contribution in [0.2, 0.25) is 0 Å². The van der Waals surface area contributed by atoms with Gasteiger partial charge in [0.1, 0.15) is 5.69 Å². The fraction of sp³-hybridized carbons (Fsp3) is 0.292. The molecule has 0 aliphatic heterocycles. The van der Waals surface area contributed by atoms with Crippen LogP contribution in [0.5, 0.6) is 0 Å². The molecule has 0 bridgehead atoms. The van der Waals surface area contributed by atoms with Gasteiger partial charge in [0, 0.05) is 10.9 Å². The summed E-state index contributed by atoms with van der Waals surface area (Å²) in [5.41, 5.74) is 8.92. The second-order valence-electron chi connectivity index (χ2n) is 8.81. The Balaban J connectivity index is 1.35. The minimum atomic E-state index is -2.65. The van der Waals surface area contributed by atoms with E-state index in [0.29, 0.717) is 11.7 Å². The number of nitrogens with zero attached hydrogens (tertiary/aromatic N) is 4. The van der Waals surface area contributed by atoms with E-state index in [0.717, 1.165) is 40.7 Å². The van der Waals surface area contributed by atoms with Gasteiger partial charge in [-0.1, -0.05) is 24.3 Å². The molecule has 3 aromatic heterocycles. The summed E-state index contributed by atoms with van der Waals surface area (Å²) in [6.07, 6.45) is 0.613. The van der Waals surface area contributed by atoms with Gasteiger partial charge in [0.25, 0.3) is 6.43 Å². The molecule has 4 atom stereocenters. The molecule has 1 aromatic carbocycles. The molecule has 0 saturated heterocycles. The highest BCUT2D eigenvalue weighted by Gasteiger charge is 2.67. The average Bonchev–Trinajstić information content (AvgIpc) is 3.14. The number of benzene rings is 1. The Bertz CT molecular complexity index is 1340. The van der Waals surface area contributed by atoms with Gasteiger partial charge in [-0.05, 0) is 55.0 Å². The number of aliphatic hydroxyl groups is 1. The monoisotopic (exact) mass is 433 g/mol. The van der Waals surface area contributed by atoms with Crippen molar-refractivity contribution in [1.29, 1.82) is 0 Å². The lowest BCUT2D eigenvalue weighted by Crippen LogP contribution is -2.38. The topological polar surface area (TPSA) is 89.9 Å². The average molecular weight is 433 g/mol. The van der Waals surface area contributed by atoms with E-state index in [1.54, 1.807) is 23.0 Å². The van der Waals surface area contributed by atoms with Crippen LogP contribution in [-0.2, 0) is 0 Å². The van der Waals surface area contributed by atoms with E-state index in [4.69, 9.17) is 10.7 Å². The van der Waals surface area contributed by atoms with Crippen LogP contribution in [0.4, 0.5) is 8.78 Å². The Hall–Kier alpha value is -3.23. The van der Waals surface area contributed by atoms with Crippen LogP contribution < -0.4 is 5.73 Å². The molecule has 2 saturated carbocycles. The SMILES string of the molecule is N[C@H](c1cccc(-c2ccc3cnn(-c4cccc(C(F)F)n4)c3c2)n1)C1C[C@]2(O)CC12. The summed E-state index contributed by atoms with van der Waals surface area (Å²) in [6.45, 7) is 0. The fourth-order valence-electron chi connectivity index (χ4n) is 4.93. The highest BCUT2D eigenvalue weighted by Crippen LogP contribution is 2.65. The van der Waals surface area contributed by atoms with E-state index in [9.17, 15) is 13.9 Å². The van der Waals surface area contributed by atoms with Gasteiger partial charge in [0.2, 0.25) is 0 Å². The van der Waals surface area contributed by atoms with Crippen molar-refractivity contribution < 1.29 is 13.9 Å². The van der Waals surface area contributed by atoms with Crippen molar-refractivity contribution in [3.05, 3.63) is 72.2 Å². The quantitative estimate of drug-likeness (QED) is 0.493.